The standard InChI is InChI=1S/C15H22F2O/c16-15(17)5-1-2-11(9-15)8-14(18)13-7-10-3-4-12(13)6-10/h10-13H,1-9H2. The third-order valence-corrected chi connectivity index (χ3v) is 5.38. The number of alkyl halides is 2. The molecule has 3 aliphatic rings. The first-order valence-corrected chi connectivity index (χ1v) is 7.44. The minimum absolute atomic E-state index is 0.0197. The summed E-state index contributed by atoms with van der Waals surface area (Å²) in [5, 5.41) is 0. The number of carbonyl (C=O) groups excluding carboxylic acids is 1. The topological polar surface area (TPSA) is 17.1 Å². The third-order valence-electron chi connectivity index (χ3n) is 5.38. The van der Waals surface area contributed by atoms with Crippen molar-refractivity contribution in [2.24, 2.45) is 23.7 Å². The molecule has 3 heteroatoms. The van der Waals surface area contributed by atoms with E-state index in [0.717, 1.165) is 18.8 Å². The Balaban J connectivity index is 1.55. The van der Waals surface area contributed by atoms with Crippen LogP contribution in [0.15, 0.2) is 0 Å². The number of carbonyl (C=O) groups is 1. The SMILES string of the molecule is O=C(CC1CCCC(F)(F)C1)C1CC2CCC1C2. The smallest absolute Gasteiger partial charge is 0.248 e. The van der Waals surface area contributed by atoms with Crippen molar-refractivity contribution in [3.05, 3.63) is 0 Å². The van der Waals surface area contributed by atoms with Gasteiger partial charge in [-0.1, -0.05) is 6.42 Å². The van der Waals surface area contributed by atoms with Gasteiger partial charge in [-0.25, -0.2) is 8.78 Å². The molecule has 102 valence electrons. The van der Waals surface area contributed by atoms with Crippen LogP contribution in [0.2, 0.25) is 0 Å². The molecular weight excluding hydrogens is 234 g/mol. The molecule has 4 unspecified atom stereocenters. The Morgan fingerprint density at radius 3 is 2.61 bits per heavy atom. The summed E-state index contributed by atoms with van der Waals surface area (Å²) >= 11 is 0. The number of ketones is 1. The Bertz CT molecular complexity index is 339. The zero-order chi connectivity index (χ0) is 12.8. The highest BCUT2D eigenvalue weighted by atomic mass is 19.3. The second-order valence-corrected chi connectivity index (χ2v) is 6.77. The minimum atomic E-state index is -2.52. The van der Waals surface area contributed by atoms with E-state index in [0.29, 0.717) is 24.5 Å². The van der Waals surface area contributed by atoms with E-state index >= 15 is 0 Å². The molecule has 0 aromatic heterocycles. The van der Waals surface area contributed by atoms with Crippen LogP contribution in [0.3, 0.4) is 0 Å². The van der Waals surface area contributed by atoms with Crippen LogP contribution in [-0.2, 0) is 4.79 Å². The molecule has 3 saturated carbocycles. The van der Waals surface area contributed by atoms with Crippen LogP contribution in [-0.4, -0.2) is 11.7 Å². The summed E-state index contributed by atoms with van der Waals surface area (Å²) in [7, 11) is 0. The number of halogens is 2. The Morgan fingerprint density at radius 2 is 2.00 bits per heavy atom. The van der Waals surface area contributed by atoms with E-state index in [4.69, 9.17) is 0 Å². The number of fused-ring (bicyclic) bond motifs is 2. The van der Waals surface area contributed by atoms with Gasteiger partial charge < -0.3 is 0 Å². The average molecular weight is 256 g/mol. The second-order valence-electron chi connectivity index (χ2n) is 6.77. The van der Waals surface area contributed by atoms with E-state index in [-0.39, 0.29) is 24.7 Å². The summed E-state index contributed by atoms with van der Waals surface area (Å²) in [5.41, 5.74) is 0. The molecule has 0 aromatic carbocycles. The minimum Gasteiger partial charge on any atom is -0.299 e. The molecule has 0 aliphatic heterocycles. The maximum absolute atomic E-state index is 13.3. The van der Waals surface area contributed by atoms with Crippen molar-refractivity contribution in [3.63, 3.8) is 0 Å². The van der Waals surface area contributed by atoms with Gasteiger partial charge >= 0.3 is 0 Å². The van der Waals surface area contributed by atoms with Crippen molar-refractivity contribution in [2.75, 3.05) is 0 Å². The van der Waals surface area contributed by atoms with Crippen molar-refractivity contribution in [1.29, 1.82) is 0 Å². The van der Waals surface area contributed by atoms with E-state index in [2.05, 4.69) is 0 Å². The lowest BCUT2D eigenvalue weighted by Crippen LogP contribution is -2.30. The first-order valence-electron chi connectivity index (χ1n) is 7.44. The second kappa shape index (κ2) is 4.57. The maximum atomic E-state index is 13.3. The first kappa shape index (κ1) is 12.6. The molecule has 0 saturated heterocycles. The highest BCUT2D eigenvalue weighted by Gasteiger charge is 2.44. The average Bonchev–Trinajstić information content (AvgIpc) is 2.89. The van der Waals surface area contributed by atoms with Crippen molar-refractivity contribution >= 4 is 5.78 Å². The lowest BCUT2D eigenvalue weighted by atomic mass is 9.78. The van der Waals surface area contributed by atoms with E-state index in [1.807, 2.05) is 0 Å². The number of hydrogen-bond donors (Lipinski definition) is 0. The van der Waals surface area contributed by atoms with E-state index in [9.17, 15) is 13.6 Å². The predicted octanol–water partition coefficient (Wildman–Crippen LogP) is 4.21. The van der Waals surface area contributed by atoms with Crippen molar-refractivity contribution in [2.45, 2.75) is 63.7 Å². The Morgan fingerprint density at radius 1 is 1.17 bits per heavy atom. The van der Waals surface area contributed by atoms with Gasteiger partial charge in [0.1, 0.15) is 5.78 Å². The molecule has 0 radical (unpaired) electrons. The van der Waals surface area contributed by atoms with Gasteiger partial charge in [0.15, 0.2) is 0 Å². The molecule has 0 heterocycles. The first-order chi connectivity index (χ1) is 8.53. The summed E-state index contributed by atoms with van der Waals surface area (Å²) in [6, 6.07) is 0. The fourth-order valence-corrected chi connectivity index (χ4v) is 4.53. The van der Waals surface area contributed by atoms with Gasteiger partial charge in [-0.15, -0.1) is 0 Å². The molecule has 0 N–H and O–H groups in total. The third kappa shape index (κ3) is 2.46. The molecule has 0 spiro atoms. The molecule has 0 aromatic rings. The molecule has 3 fully saturated rings. The molecule has 2 bridgehead atoms. The van der Waals surface area contributed by atoms with Crippen molar-refractivity contribution < 1.29 is 13.6 Å². The zero-order valence-corrected chi connectivity index (χ0v) is 10.8. The predicted molar refractivity (Wildman–Crippen MR) is 65.5 cm³/mol. The van der Waals surface area contributed by atoms with Crippen LogP contribution >= 0.6 is 0 Å². The molecule has 1 nitrogen and oxygen atoms in total. The van der Waals surface area contributed by atoms with Crippen LogP contribution in [0.4, 0.5) is 8.78 Å². The van der Waals surface area contributed by atoms with Crippen molar-refractivity contribution in [3.8, 4) is 0 Å². The molecule has 3 rings (SSSR count). The van der Waals surface area contributed by atoms with E-state index in [1.165, 1.54) is 19.3 Å². The summed E-state index contributed by atoms with van der Waals surface area (Å²) in [5.74, 6) is -0.703. The Kier molecular flexibility index (Phi) is 3.19. The van der Waals surface area contributed by atoms with Gasteiger partial charge in [-0.05, 0) is 49.9 Å². The van der Waals surface area contributed by atoms with E-state index < -0.39 is 5.92 Å². The quantitative estimate of drug-likeness (QED) is 0.739. The van der Waals surface area contributed by atoms with Crippen LogP contribution in [0.5, 0.6) is 0 Å². The van der Waals surface area contributed by atoms with Crippen LogP contribution < -0.4 is 0 Å². The molecular formula is C15H22F2O. The lowest BCUT2D eigenvalue weighted by molar-refractivity contribution is -0.127. The maximum Gasteiger partial charge on any atom is 0.248 e. The van der Waals surface area contributed by atoms with Gasteiger partial charge in [0.2, 0.25) is 5.92 Å². The fourth-order valence-electron chi connectivity index (χ4n) is 4.53. The van der Waals surface area contributed by atoms with Crippen LogP contribution in [0.1, 0.15) is 57.8 Å². The summed E-state index contributed by atoms with van der Waals surface area (Å²) in [6.07, 6.45) is 6.54. The Hall–Kier alpha value is -0.470. The van der Waals surface area contributed by atoms with Crippen molar-refractivity contribution in [1.82, 2.24) is 0 Å². The number of rotatable bonds is 3. The highest BCUT2D eigenvalue weighted by Crippen LogP contribution is 2.49. The van der Waals surface area contributed by atoms with Gasteiger partial charge in [-0.2, -0.15) is 0 Å². The highest BCUT2D eigenvalue weighted by molar-refractivity contribution is 5.82. The molecule has 4 atom stereocenters. The molecule has 18 heavy (non-hydrogen) atoms. The zero-order valence-electron chi connectivity index (χ0n) is 10.8. The van der Waals surface area contributed by atoms with Gasteiger partial charge in [0, 0.05) is 25.2 Å². The normalized spacial score (nSPS) is 42.1. The van der Waals surface area contributed by atoms with Gasteiger partial charge in [0.05, 0.1) is 0 Å². The lowest BCUT2D eigenvalue weighted by Gasteiger charge is -2.30. The fraction of sp³-hybridized carbons (Fsp3) is 0.933. The molecule has 3 aliphatic carbocycles. The monoisotopic (exact) mass is 256 g/mol. The number of Topliss-reactive ketones (excluding diaryl/α,β-unsaturated/α-hetero) is 1. The molecule has 0 amide bonds. The summed E-state index contributed by atoms with van der Waals surface area (Å²) in [6.45, 7) is 0. The number of hydrogen-bond acceptors (Lipinski definition) is 1. The summed E-state index contributed by atoms with van der Waals surface area (Å²) in [4.78, 5) is 12.3. The Labute approximate surface area is 107 Å². The van der Waals surface area contributed by atoms with Crippen LogP contribution in [0.25, 0.3) is 0 Å². The summed E-state index contributed by atoms with van der Waals surface area (Å²) < 4.78 is 26.6. The van der Waals surface area contributed by atoms with Gasteiger partial charge in [-0.3, -0.25) is 4.79 Å². The van der Waals surface area contributed by atoms with Gasteiger partial charge in [0.25, 0.3) is 0 Å². The van der Waals surface area contributed by atoms with E-state index in [1.54, 1.807) is 0 Å². The largest absolute Gasteiger partial charge is 0.299 e. The van der Waals surface area contributed by atoms with Crippen LogP contribution in [0, 0.1) is 23.7 Å².